The molecule has 0 aliphatic carbocycles. The van der Waals surface area contributed by atoms with Crippen LogP contribution in [0.4, 0.5) is 0 Å². The molecule has 0 saturated heterocycles. The molecule has 0 radical (unpaired) electrons. The van der Waals surface area contributed by atoms with E-state index in [9.17, 15) is 0 Å². The summed E-state index contributed by atoms with van der Waals surface area (Å²) in [5, 5.41) is 6.52. The summed E-state index contributed by atoms with van der Waals surface area (Å²) in [6, 6.07) is 10.7. The third kappa shape index (κ3) is 4.78. The van der Waals surface area contributed by atoms with Gasteiger partial charge in [0.25, 0.3) is 0 Å². The monoisotopic (exact) mass is 389 g/mol. The highest BCUT2D eigenvalue weighted by Crippen LogP contribution is 2.33. The lowest BCUT2D eigenvalue weighted by atomic mass is 10.2. The molecular formula is C15H17BrClNS2. The fourth-order valence-corrected chi connectivity index (χ4v) is 4.42. The summed E-state index contributed by atoms with van der Waals surface area (Å²) in [6.45, 7) is 3.20. The third-order valence-corrected chi connectivity index (χ3v) is 5.94. The zero-order valence-corrected chi connectivity index (χ0v) is 15.2. The molecule has 5 heteroatoms. The third-order valence-electron chi connectivity index (χ3n) is 2.83. The SMILES string of the molecule is CCCNC(CSc1ccc(Br)cc1)c1sccc1Cl. The van der Waals surface area contributed by atoms with Crippen LogP contribution in [0.15, 0.2) is 45.1 Å². The molecule has 1 aromatic carbocycles. The molecule has 108 valence electrons. The number of nitrogens with one attached hydrogen (secondary N) is 1. The van der Waals surface area contributed by atoms with Crippen molar-refractivity contribution in [2.24, 2.45) is 0 Å². The number of rotatable bonds is 7. The van der Waals surface area contributed by atoms with Crippen molar-refractivity contribution in [3.05, 3.63) is 50.1 Å². The highest BCUT2D eigenvalue weighted by Gasteiger charge is 2.15. The van der Waals surface area contributed by atoms with Gasteiger partial charge < -0.3 is 5.32 Å². The van der Waals surface area contributed by atoms with Crippen LogP contribution in [-0.2, 0) is 0 Å². The second kappa shape index (κ2) is 8.44. The van der Waals surface area contributed by atoms with E-state index >= 15 is 0 Å². The molecule has 1 aromatic heterocycles. The molecule has 0 spiro atoms. The normalized spacial score (nSPS) is 12.6. The maximum atomic E-state index is 6.27. The number of halogens is 2. The van der Waals surface area contributed by atoms with Crippen molar-refractivity contribution in [3.8, 4) is 0 Å². The Hall–Kier alpha value is -0.0000000000000000555. The van der Waals surface area contributed by atoms with E-state index in [0.29, 0.717) is 6.04 Å². The number of hydrogen-bond acceptors (Lipinski definition) is 3. The Balaban J connectivity index is 2.01. The fourth-order valence-electron chi connectivity index (χ4n) is 1.81. The lowest BCUT2D eigenvalue weighted by Gasteiger charge is -2.17. The number of benzene rings is 1. The number of thiophene rings is 1. The van der Waals surface area contributed by atoms with Crippen LogP contribution >= 0.6 is 50.6 Å². The summed E-state index contributed by atoms with van der Waals surface area (Å²) in [4.78, 5) is 2.52. The van der Waals surface area contributed by atoms with Gasteiger partial charge in [-0.2, -0.15) is 0 Å². The fraction of sp³-hybridized carbons (Fsp3) is 0.333. The van der Waals surface area contributed by atoms with Gasteiger partial charge in [0.15, 0.2) is 0 Å². The first-order valence-electron chi connectivity index (χ1n) is 6.55. The second-order valence-electron chi connectivity index (χ2n) is 4.40. The van der Waals surface area contributed by atoms with Gasteiger partial charge in [-0.05, 0) is 48.7 Å². The molecule has 0 aliphatic rings. The Morgan fingerprint density at radius 3 is 2.65 bits per heavy atom. The lowest BCUT2D eigenvalue weighted by Crippen LogP contribution is -2.23. The number of thioether (sulfide) groups is 1. The first kappa shape index (κ1) is 16.4. The highest BCUT2D eigenvalue weighted by atomic mass is 79.9. The molecule has 0 aliphatic heterocycles. The first-order chi connectivity index (χ1) is 9.70. The molecule has 0 saturated carbocycles. The predicted octanol–water partition coefficient (Wildman–Crippen LogP) is 6.00. The Morgan fingerprint density at radius 1 is 1.30 bits per heavy atom. The van der Waals surface area contributed by atoms with E-state index < -0.39 is 0 Å². The number of hydrogen-bond donors (Lipinski definition) is 1. The van der Waals surface area contributed by atoms with Gasteiger partial charge in [-0.3, -0.25) is 0 Å². The van der Waals surface area contributed by atoms with E-state index in [1.165, 1.54) is 9.77 Å². The predicted molar refractivity (Wildman–Crippen MR) is 95.2 cm³/mol. The Labute approximate surface area is 142 Å². The van der Waals surface area contributed by atoms with Gasteiger partial charge in [-0.1, -0.05) is 34.5 Å². The molecule has 0 fully saturated rings. The molecule has 20 heavy (non-hydrogen) atoms. The quantitative estimate of drug-likeness (QED) is 0.582. The van der Waals surface area contributed by atoms with Crippen LogP contribution < -0.4 is 5.32 Å². The molecule has 0 amide bonds. The van der Waals surface area contributed by atoms with E-state index in [1.807, 2.05) is 17.8 Å². The van der Waals surface area contributed by atoms with Gasteiger partial charge in [-0.15, -0.1) is 23.1 Å². The maximum absolute atomic E-state index is 6.27. The second-order valence-corrected chi connectivity index (χ2v) is 7.77. The zero-order chi connectivity index (χ0) is 14.4. The summed E-state index contributed by atoms with van der Waals surface area (Å²) in [5.41, 5.74) is 0. The van der Waals surface area contributed by atoms with Crippen molar-refractivity contribution in [3.63, 3.8) is 0 Å². The average molecular weight is 391 g/mol. The van der Waals surface area contributed by atoms with Crippen LogP contribution in [0, 0.1) is 0 Å². The van der Waals surface area contributed by atoms with Gasteiger partial charge in [0.2, 0.25) is 0 Å². The van der Waals surface area contributed by atoms with Crippen LogP contribution in [0.3, 0.4) is 0 Å². The summed E-state index contributed by atoms with van der Waals surface area (Å²) < 4.78 is 1.11. The smallest absolute Gasteiger partial charge is 0.0561 e. The average Bonchev–Trinajstić information content (AvgIpc) is 2.87. The minimum atomic E-state index is 0.316. The van der Waals surface area contributed by atoms with E-state index in [4.69, 9.17) is 11.6 Å². The van der Waals surface area contributed by atoms with E-state index in [-0.39, 0.29) is 0 Å². The first-order valence-corrected chi connectivity index (χ1v) is 9.59. The molecule has 2 aromatic rings. The van der Waals surface area contributed by atoms with Crippen LogP contribution in [0.1, 0.15) is 24.3 Å². The largest absolute Gasteiger partial charge is 0.309 e. The summed E-state index contributed by atoms with van der Waals surface area (Å²) in [6.07, 6.45) is 1.13. The van der Waals surface area contributed by atoms with Gasteiger partial charge in [0.05, 0.1) is 11.1 Å². The van der Waals surface area contributed by atoms with E-state index in [2.05, 4.69) is 57.8 Å². The molecular weight excluding hydrogens is 374 g/mol. The minimum absolute atomic E-state index is 0.316. The Bertz CT molecular complexity index is 527. The van der Waals surface area contributed by atoms with Gasteiger partial charge in [0, 0.05) is 20.0 Å². The van der Waals surface area contributed by atoms with E-state index in [1.54, 1.807) is 11.3 Å². The Kier molecular flexibility index (Phi) is 6.91. The van der Waals surface area contributed by atoms with Crippen molar-refractivity contribution in [2.75, 3.05) is 12.3 Å². The van der Waals surface area contributed by atoms with Crippen molar-refractivity contribution in [1.82, 2.24) is 5.32 Å². The molecule has 1 heterocycles. The molecule has 1 unspecified atom stereocenters. The van der Waals surface area contributed by atoms with E-state index in [0.717, 1.165) is 28.2 Å². The van der Waals surface area contributed by atoms with Crippen LogP contribution in [0.2, 0.25) is 5.02 Å². The molecule has 1 atom stereocenters. The summed E-state index contributed by atoms with van der Waals surface area (Å²) in [7, 11) is 0. The summed E-state index contributed by atoms with van der Waals surface area (Å²) in [5.74, 6) is 0.988. The minimum Gasteiger partial charge on any atom is -0.309 e. The van der Waals surface area contributed by atoms with Crippen LogP contribution in [0.25, 0.3) is 0 Å². The topological polar surface area (TPSA) is 12.0 Å². The molecule has 2 rings (SSSR count). The highest BCUT2D eigenvalue weighted by molar-refractivity contribution is 9.10. The van der Waals surface area contributed by atoms with Gasteiger partial charge in [0.1, 0.15) is 0 Å². The van der Waals surface area contributed by atoms with Gasteiger partial charge in [-0.25, -0.2) is 0 Å². The van der Waals surface area contributed by atoms with Crippen molar-refractivity contribution in [2.45, 2.75) is 24.3 Å². The molecule has 1 N–H and O–H groups in total. The van der Waals surface area contributed by atoms with Crippen molar-refractivity contribution >= 4 is 50.6 Å². The van der Waals surface area contributed by atoms with Crippen LogP contribution in [-0.4, -0.2) is 12.3 Å². The van der Waals surface area contributed by atoms with Crippen LogP contribution in [0.5, 0.6) is 0 Å². The summed E-state index contributed by atoms with van der Waals surface area (Å²) >= 11 is 13.3. The lowest BCUT2D eigenvalue weighted by molar-refractivity contribution is 0.585. The molecule has 0 bridgehead atoms. The Morgan fingerprint density at radius 2 is 2.05 bits per heavy atom. The zero-order valence-electron chi connectivity index (χ0n) is 11.2. The maximum Gasteiger partial charge on any atom is 0.0561 e. The van der Waals surface area contributed by atoms with Crippen molar-refractivity contribution < 1.29 is 0 Å². The van der Waals surface area contributed by atoms with Gasteiger partial charge >= 0.3 is 0 Å². The molecule has 1 nitrogen and oxygen atoms in total. The van der Waals surface area contributed by atoms with Crippen molar-refractivity contribution in [1.29, 1.82) is 0 Å². The standard InChI is InChI=1S/C15H17BrClNS2/c1-2-8-18-14(15-13(17)7-9-19-15)10-20-12-5-3-11(16)4-6-12/h3-7,9,14,18H,2,8,10H2,1H3.